The van der Waals surface area contributed by atoms with Gasteiger partial charge in [0.1, 0.15) is 5.60 Å². The highest BCUT2D eigenvalue weighted by Gasteiger charge is 2.31. The van der Waals surface area contributed by atoms with E-state index < -0.39 is 5.60 Å². The van der Waals surface area contributed by atoms with Crippen LogP contribution in [0.3, 0.4) is 0 Å². The van der Waals surface area contributed by atoms with E-state index in [4.69, 9.17) is 4.74 Å². The van der Waals surface area contributed by atoms with Crippen molar-refractivity contribution in [3.05, 3.63) is 30.1 Å². The molecule has 2 N–H and O–H groups in total. The van der Waals surface area contributed by atoms with Crippen molar-refractivity contribution in [3.63, 3.8) is 0 Å². The van der Waals surface area contributed by atoms with Gasteiger partial charge in [-0.3, -0.25) is 4.98 Å². The third-order valence-corrected chi connectivity index (χ3v) is 3.87. The monoisotopic (exact) mass is 305 g/mol. The number of rotatable bonds is 4. The largest absolute Gasteiger partial charge is 0.444 e. The first kappa shape index (κ1) is 16.7. The summed E-state index contributed by atoms with van der Waals surface area (Å²) in [6.45, 7) is 7.75. The lowest BCUT2D eigenvalue weighted by Crippen LogP contribution is -2.48. The predicted molar refractivity (Wildman–Crippen MR) is 86.6 cm³/mol. The first-order chi connectivity index (χ1) is 10.3. The minimum Gasteiger partial charge on any atom is -0.444 e. The van der Waals surface area contributed by atoms with Crippen LogP contribution in [0.15, 0.2) is 24.5 Å². The van der Waals surface area contributed by atoms with Crippen molar-refractivity contribution in [2.24, 2.45) is 0 Å². The molecule has 5 heteroatoms. The summed E-state index contributed by atoms with van der Waals surface area (Å²) in [6.07, 6.45) is 6.47. The number of carbonyl (C=O) groups excluding carboxylic acids is 1. The number of ether oxygens (including phenoxy) is 1. The quantitative estimate of drug-likeness (QED) is 0.897. The lowest BCUT2D eigenvalue weighted by Gasteiger charge is -2.27. The van der Waals surface area contributed by atoms with Gasteiger partial charge in [-0.15, -0.1) is 0 Å². The molecule has 1 fully saturated rings. The molecule has 1 aromatic rings. The maximum Gasteiger partial charge on any atom is 0.407 e. The summed E-state index contributed by atoms with van der Waals surface area (Å²) < 4.78 is 5.35. The molecule has 1 heterocycles. The molecule has 1 saturated carbocycles. The Bertz CT molecular complexity index is 484. The summed E-state index contributed by atoms with van der Waals surface area (Å²) in [7, 11) is 0. The van der Waals surface area contributed by atoms with Crippen molar-refractivity contribution in [1.29, 1.82) is 0 Å². The van der Waals surface area contributed by atoms with Crippen molar-refractivity contribution < 1.29 is 9.53 Å². The summed E-state index contributed by atoms with van der Waals surface area (Å²) >= 11 is 0. The highest BCUT2D eigenvalue weighted by molar-refractivity contribution is 5.68. The van der Waals surface area contributed by atoms with Crippen LogP contribution in [0.1, 0.15) is 58.6 Å². The second kappa shape index (κ2) is 7.09. The fourth-order valence-corrected chi connectivity index (χ4v) is 2.84. The fourth-order valence-electron chi connectivity index (χ4n) is 2.84. The average molecular weight is 305 g/mol. The molecule has 0 radical (unpaired) electrons. The van der Waals surface area contributed by atoms with Crippen molar-refractivity contribution in [2.45, 2.75) is 70.7 Å². The van der Waals surface area contributed by atoms with Crippen molar-refractivity contribution in [3.8, 4) is 0 Å². The van der Waals surface area contributed by atoms with E-state index >= 15 is 0 Å². The summed E-state index contributed by atoms with van der Waals surface area (Å²) in [4.78, 5) is 16.1. The summed E-state index contributed by atoms with van der Waals surface area (Å²) in [5, 5.41) is 6.61. The minimum absolute atomic E-state index is 0.119. The van der Waals surface area contributed by atoms with Gasteiger partial charge in [0.15, 0.2) is 0 Å². The molecule has 1 aliphatic rings. The molecule has 1 aromatic heterocycles. The average Bonchev–Trinajstić information content (AvgIpc) is 2.84. The number of hydrogen-bond acceptors (Lipinski definition) is 4. The third kappa shape index (κ3) is 4.98. The molecule has 2 rings (SSSR count). The lowest BCUT2D eigenvalue weighted by molar-refractivity contribution is 0.0497. The van der Waals surface area contributed by atoms with Crippen LogP contribution in [0.25, 0.3) is 0 Å². The molecule has 0 bridgehead atoms. The van der Waals surface area contributed by atoms with E-state index in [1.165, 1.54) is 0 Å². The second-order valence-electron chi connectivity index (χ2n) is 6.96. The maximum absolute atomic E-state index is 11.9. The van der Waals surface area contributed by atoms with Gasteiger partial charge in [0, 0.05) is 30.5 Å². The van der Waals surface area contributed by atoms with E-state index in [9.17, 15) is 4.79 Å². The Hall–Kier alpha value is -1.62. The Kier molecular flexibility index (Phi) is 5.40. The number of amides is 1. The zero-order valence-corrected chi connectivity index (χ0v) is 13.9. The number of hydrogen-bond donors (Lipinski definition) is 2. The Balaban J connectivity index is 1.89. The number of nitrogens with zero attached hydrogens (tertiary/aromatic N) is 1. The summed E-state index contributed by atoms with van der Waals surface area (Å²) in [5.41, 5.74) is 0.694. The van der Waals surface area contributed by atoms with Crippen molar-refractivity contribution >= 4 is 6.09 Å². The van der Waals surface area contributed by atoms with Gasteiger partial charge in [-0.2, -0.15) is 0 Å². The smallest absolute Gasteiger partial charge is 0.407 e. The normalized spacial score (nSPS) is 23.1. The highest BCUT2D eigenvalue weighted by atomic mass is 16.6. The van der Waals surface area contributed by atoms with E-state index in [0.29, 0.717) is 0 Å². The number of alkyl carbamates (subject to hydrolysis) is 1. The van der Waals surface area contributed by atoms with E-state index in [1.807, 2.05) is 33.0 Å². The number of pyridine rings is 1. The van der Waals surface area contributed by atoms with Crippen LogP contribution < -0.4 is 10.6 Å². The zero-order chi connectivity index (χ0) is 16.2. The van der Waals surface area contributed by atoms with Gasteiger partial charge in [0.2, 0.25) is 0 Å². The number of carbonyl (C=O) groups is 1. The summed E-state index contributed by atoms with van der Waals surface area (Å²) in [6, 6.07) is 4.60. The molecule has 1 amide bonds. The van der Waals surface area contributed by atoms with Crippen molar-refractivity contribution in [1.82, 2.24) is 15.6 Å². The molecule has 0 aromatic carbocycles. The van der Waals surface area contributed by atoms with Gasteiger partial charge < -0.3 is 15.4 Å². The lowest BCUT2D eigenvalue weighted by atomic mass is 10.1. The van der Waals surface area contributed by atoms with E-state index in [-0.39, 0.29) is 24.2 Å². The predicted octanol–water partition coefficient (Wildman–Crippen LogP) is 3.18. The first-order valence-electron chi connectivity index (χ1n) is 8.00. The highest BCUT2D eigenvalue weighted by Crippen LogP contribution is 2.23. The van der Waals surface area contributed by atoms with Gasteiger partial charge >= 0.3 is 6.09 Å². The topological polar surface area (TPSA) is 63.2 Å². The van der Waals surface area contributed by atoms with Gasteiger partial charge in [0.25, 0.3) is 0 Å². The molecule has 0 spiro atoms. The zero-order valence-electron chi connectivity index (χ0n) is 13.9. The Morgan fingerprint density at radius 1 is 1.36 bits per heavy atom. The molecule has 22 heavy (non-hydrogen) atoms. The Morgan fingerprint density at radius 3 is 2.73 bits per heavy atom. The van der Waals surface area contributed by atoms with Crippen LogP contribution in [0.2, 0.25) is 0 Å². The van der Waals surface area contributed by atoms with Gasteiger partial charge in [-0.25, -0.2) is 4.79 Å². The van der Waals surface area contributed by atoms with Gasteiger partial charge in [0.05, 0.1) is 0 Å². The van der Waals surface area contributed by atoms with E-state index in [0.717, 1.165) is 24.8 Å². The number of nitrogens with one attached hydrogen (secondary N) is 2. The van der Waals surface area contributed by atoms with Crippen LogP contribution in [-0.4, -0.2) is 28.8 Å². The van der Waals surface area contributed by atoms with E-state index in [1.54, 1.807) is 6.20 Å². The molecule has 5 nitrogen and oxygen atoms in total. The Labute approximate surface area is 132 Å². The Morgan fingerprint density at radius 2 is 2.09 bits per heavy atom. The van der Waals surface area contributed by atoms with Crippen LogP contribution >= 0.6 is 0 Å². The molecule has 0 aliphatic heterocycles. The molecule has 0 saturated heterocycles. The molecule has 1 aliphatic carbocycles. The van der Waals surface area contributed by atoms with Gasteiger partial charge in [-0.1, -0.05) is 6.07 Å². The van der Waals surface area contributed by atoms with Gasteiger partial charge in [-0.05, 0) is 58.6 Å². The molecule has 3 atom stereocenters. The second-order valence-corrected chi connectivity index (χ2v) is 6.96. The maximum atomic E-state index is 11.9. The van der Waals surface area contributed by atoms with Crippen LogP contribution in [0, 0.1) is 0 Å². The molecule has 3 unspecified atom stereocenters. The molecular formula is C17H27N3O2. The third-order valence-electron chi connectivity index (χ3n) is 3.87. The van der Waals surface area contributed by atoms with Crippen LogP contribution in [0.4, 0.5) is 4.79 Å². The van der Waals surface area contributed by atoms with Crippen molar-refractivity contribution in [2.75, 3.05) is 0 Å². The standard InChI is InChI=1S/C17H27N3O2/c1-12(13-7-6-10-18-11-13)19-14-8-5-9-15(14)20-16(21)22-17(2,3)4/h6-7,10-12,14-15,19H,5,8-9H2,1-4H3,(H,20,21). The number of aromatic nitrogens is 1. The van der Waals surface area contributed by atoms with E-state index in [2.05, 4.69) is 28.6 Å². The van der Waals surface area contributed by atoms with Crippen LogP contribution in [-0.2, 0) is 4.74 Å². The minimum atomic E-state index is -0.464. The summed E-state index contributed by atoms with van der Waals surface area (Å²) in [5.74, 6) is 0. The first-order valence-corrected chi connectivity index (χ1v) is 8.00. The van der Waals surface area contributed by atoms with Crippen LogP contribution in [0.5, 0.6) is 0 Å². The fraction of sp³-hybridized carbons (Fsp3) is 0.647. The molecular weight excluding hydrogens is 278 g/mol. The SMILES string of the molecule is CC(NC1CCCC1NC(=O)OC(C)(C)C)c1cccnc1. The molecule has 122 valence electrons.